The van der Waals surface area contributed by atoms with Crippen molar-refractivity contribution < 1.29 is 10.2 Å². The largest absolute Gasteiger partial charge is 0.412 e. The van der Waals surface area contributed by atoms with Gasteiger partial charge in [-0.3, -0.25) is 4.98 Å². The fourth-order valence-corrected chi connectivity index (χ4v) is 2.27. The van der Waals surface area contributed by atoms with E-state index in [1.54, 1.807) is 18.6 Å². The van der Waals surface area contributed by atoms with Gasteiger partial charge in [0.2, 0.25) is 0 Å². The molecule has 1 aliphatic heterocycles. The van der Waals surface area contributed by atoms with Crippen LogP contribution in [-0.4, -0.2) is 41.7 Å². The number of nitrogens with zero attached hydrogens (tertiary/aromatic N) is 4. The molecule has 3 rings (SSSR count). The quantitative estimate of drug-likeness (QED) is 0.834. The van der Waals surface area contributed by atoms with Gasteiger partial charge in [-0.1, -0.05) is 0 Å². The van der Waals surface area contributed by atoms with Crippen LogP contribution in [0.4, 0.5) is 5.82 Å². The molecule has 0 radical (unpaired) electrons. The maximum Gasteiger partial charge on any atom is 0.146 e. The van der Waals surface area contributed by atoms with Crippen molar-refractivity contribution in [3.05, 3.63) is 42.4 Å². The number of hydrogen-bond donors (Lipinski definition) is 0. The first kappa shape index (κ1) is 17.9. The normalized spacial score (nSPS) is 13.5. The molecule has 0 amide bonds. The van der Waals surface area contributed by atoms with Crippen LogP contribution in [0.1, 0.15) is 5.56 Å². The zero-order valence-corrected chi connectivity index (χ0v) is 12.7. The molecule has 0 spiro atoms. The number of anilines is 1. The lowest BCUT2D eigenvalue weighted by Crippen LogP contribution is -2.37. The van der Waals surface area contributed by atoms with E-state index in [0.717, 1.165) is 30.0 Å². The topological polar surface area (TPSA) is 93.5 Å². The summed E-state index contributed by atoms with van der Waals surface area (Å²) in [6.45, 7) is 2.91. The molecule has 116 valence electrons. The van der Waals surface area contributed by atoms with Crippen molar-refractivity contribution in [1.82, 2.24) is 9.97 Å². The number of rotatable bonds is 2. The van der Waals surface area contributed by atoms with Crippen LogP contribution < -0.4 is 4.90 Å². The second kappa shape index (κ2) is 8.29. The fourth-order valence-electron chi connectivity index (χ4n) is 2.27. The second-order valence-electron chi connectivity index (χ2n) is 4.54. The summed E-state index contributed by atoms with van der Waals surface area (Å²) in [5, 5.41) is 9.36. The minimum Gasteiger partial charge on any atom is -0.412 e. The Kier molecular flexibility index (Phi) is 6.73. The summed E-state index contributed by atoms with van der Waals surface area (Å²) in [4.78, 5) is 10.6. The molecule has 3 heterocycles. The number of aromatic nitrogens is 2. The summed E-state index contributed by atoms with van der Waals surface area (Å²) in [5.74, 6) is 0.744. The number of nitriles is 1. The molecule has 0 aromatic carbocycles. The zero-order chi connectivity index (χ0) is 13.8. The van der Waals surface area contributed by atoms with Crippen molar-refractivity contribution in [1.29, 1.82) is 5.26 Å². The van der Waals surface area contributed by atoms with Crippen molar-refractivity contribution in [3.63, 3.8) is 0 Å². The molecule has 0 unspecified atom stereocenters. The van der Waals surface area contributed by atoms with Crippen molar-refractivity contribution >= 4 is 18.2 Å². The molecule has 1 saturated heterocycles. The highest BCUT2D eigenvalue weighted by Gasteiger charge is 2.16. The van der Waals surface area contributed by atoms with E-state index in [2.05, 4.69) is 20.9 Å². The summed E-state index contributed by atoms with van der Waals surface area (Å²) in [6.07, 6.45) is 5.27. The summed E-state index contributed by atoms with van der Waals surface area (Å²) in [7, 11) is 0. The second-order valence-corrected chi connectivity index (χ2v) is 4.54. The van der Waals surface area contributed by atoms with Crippen molar-refractivity contribution in [3.8, 4) is 17.2 Å². The molecule has 2 N–H and O–H groups in total. The average Bonchev–Trinajstić information content (AvgIpc) is 2.56. The first-order valence-corrected chi connectivity index (χ1v) is 6.52. The smallest absolute Gasteiger partial charge is 0.146 e. The minimum atomic E-state index is 0. The Morgan fingerprint density at radius 3 is 2.45 bits per heavy atom. The number of morpholine rings is 1. The molecule has 2 aromatic heterocycles. The van der Waals surface area contributed by atoms with E-state index in [9.17, 15) is 5.26 Å². The molecule has 2 aromatic rings. The molecule has 0 aliphatic carbocycles. The standard InChI is InChI=1S/C15H14N4O.ClH.H2O/c16-10-13-9-14(12-1-3-17-4-2-12)11-18-15(13)19-5-7-20-8-6-19;;/h1-4,9,11H,5-8H2;1H;1H2. The third kappa shape index (κ3) is 3.71. The van der Waals surface area contributed by atoms with Gasteiger partial charge < -0.3 is 15.1 Å². The van der Waals surface area contributed by atoms with Crippen molar-refractivity contribution in [2.45, 2.75) is 0 Å². The van der Waals surface area contributed by atoms with Gasteiger partial charge >= 0.3 is 0 Å². The first-order valence-electron chi connectivity index (χ1n) is 6.52. The van der Waals surface area contributed by atoms with E-state index in [-0.39, 0.29) is 17.9 Å². The molecular weight excluding hydrogens is 304 g/mol. The highest BCUT2D eigenvalue weighted by atomic mass is 35.5. The van der Waals surface area contributed by atoms with E-state index in [1.165, 1.54) is 0 Å². The molecule has 0 bridgehead atoms. The molecule has 22 heavy (non-hydrogen) atoms. The maximum absolute atomic E-state index is 9.36. The molecule has 1 fully saturated rings. The van der Waals surface area contributed by atoms with Crippen LogP contribution in [0, 0.1) is 11.3 Å². The SMILES string of the molecule is Cl.N#Cc1cc(-c2ccncc2)cnc1N1CCOCC1.O. The van der Waals surface area contributed by atoms with Gasteiger partial charge in [0.1, 0.15) is 11.9 Å². The lowest BCUT2D eigenvalue weighted by molar-refractivity contribution is 0.122. The molecule has 1 aliphatic rings. The summed E-state index contributed by atoms with van der Waals surface area (Å²) < 4.78 is 5.33. The van der Waals surface area contributed by atoms with E-state index in [4.69, 9.17) is 4.74 Å². The van der Waals surface area contributed by atoms with Gasteiger partial charge in [-0.05, 0) is 23.8 Å². The Hall–Kier alpha value is -2.20. The Morgan fingerprint density at radius 1 is 1.14 bits per heavy atom. The van der Waals surface area contributed by atoms with Gasteiger partial charge in [-0.2, -0.15) is 5.26 Å². The van der Waals surface area contributed by atoms with Crippen molar-refractivity contribution in [2.24, 2.45) is 0 Å². The van der Waals surface area contributed by atoms with Gasteiger partial charge in [0.05, 0.1) is 18.8 Å². The van der Waals surface area contributed by atoms with Crippen LogP contribution in [0.3, 0.4) is 0 Å². The van der Waals surface area contributed by atoms with E-state index < -0.39 is 0 Å². The van der Waals surface area contributed by atoms with E-state index >= 15 is 0 Å². The lowest BCUT2D eigenvalue weighted by atomic mass is 10.1. The monoisotopic (exact) mass is 320 g/mol. The van der Waals surface area contributed by atoms with Gasteiger partial charge in [-0.25, -0.2) is 4.98 Å². The lowest BCUT2D eigenvalue weighted by Gasteiger charge is -2.28. The van der Waals surface area contributed by atoms with Crippen LogP contribution in [-0.2, 0) is 4.74 Å². The summed E-state index contributed by atoms with van der Waals surface area (Å²) in [6, 6.07) is 7.94. The maximum atomic E-state index is 9.36. The minimum absolute atomic E-state index is 0. The van der Waals surface area contributed by atoms with Gasteiger partial charge in [0, 0.05) is 37.2 Å². The van der Waals surface area contributed by atoms with Crippen molar-refractivity contribution in [2.75, 3.05) is 31.2 Å². The van der Waals surface area contributed by atoms with Crippen LogP contribution in [0.2, 0.25) is 0 Å². The Morgan fingerprint density at radius 2 is 1.82 bits per heavy atom. The Labute approximate surface area is 135 Å². The molecule has 0 saturated carbocycles. The number of hydrogen-bond acceptors (Lipinski definition) is 5. The predicted molar refractivity (Wildman–Crippen MR) is 86.1 cm³/mol. The number of halogens is 1. The third-order valence-corrected chi connectivity index (χ3v) is 3.31. The molecule has 0 atom stereocenters. The van der Waals surface area contributed by atoms with Crippen LogP contribution >= 0.6 is 12.4 Å². The van der Waals surface area contributed by atoms with Gasteiger partial charge in [-0.15, -0.1) is 12.4 Å². The summed E-state index contributed by atoms with van der Waals surface area (Å²) in [5.41, 5.74) is 2.54. The number of pyridine rings is 2. The van der Waals surface area contributed by atoms with E-state index in [0.29, 0.717) is 18.8 Å². The summed E-state index contributed by atoms with van der Waals surface area (Å²) >= 11 is 0. The van der Waals surface area contributed by atoms with E-state index in [1.807, 2.05) is 18.2 Å². The Bertz CT molecular complexity index is 640. The third-order valence-electron chi connectivity index (χ3n) is 3.31. The fraction of sp³-hybridized carbons (Fsp3) is 0.267. The van der Waals surface area contributed by atoms with Gasteiger partial charge in [0.15, 0.2) is 0 Å². The highest BCUT2D eigenvalue weighted by Crippen LogP contribution is 2.24. The average molecular weight is 321 g/mol. The predicted octanol–water partition coefficient (Wildman–Crippen LogP) is 1.45. The number of ether oxygens (including phenoxy) is 1. The highest BCUT2D eigenvalue weighted by molar-refractivity contribution is 5.85. The van der Waals surface area contributed by atoms with Crippen LogP contribution in [0.25, 0.3) is 11.1 Å². The molecule has 7 heteroatoms. The van der Waals surface area contributed by atoms with Gasteiger partial charge in [0.25, 0.3) is 0 Å². The molecule has 6 nitrogen and oxygen atoms in total. The van der Waals surface area contributed by atoms with Crippen LogP contribution in [0.15, 0.2) is 36.8 Å². The molecular formula is C15H17ClN4O2. The van der Waals surface area contributed by atoms with Crippen LogP contribution in [0.5, 0.6) is 0 Å². The first-order chi connectivity index (χ1) is 9.88. The zero-order valence-electron chi connectivity index (χ0n) is 11.9. The Balaban J connectivity index is 0.00000121.